The van der Waals surface area contributed by atoms with Crippen LogP contribution in [0.15, 0.2) is 78.9 Å². The summed E-state index contributed by atoms with van der Waals surface area (Å²) < 4.78 is 6.00. The first kappa shape index (κ1) is 18.6. The van der Waals surface area contributed by atoms with Crippen LogP contribution in [0.25, 0.3) is 17.2 Å². The molecule has 0 atom stereocenters. The van der Waals surface area contributed by atoms with E-state index in [1.165, 1.54) is 0 Å². The molecule has 1 aliphatic heterocycles. The zero-order valence-electron chi connectivity index (χ0n) is 15.7. The predicted octanol–water partition coefficient (Wildman–Crippen LogP) is 5.23. The Hall–Kier alpha value is -3.79. The highest BCUT2D eigenvalue weighted by Gasteiger charge is 2.20. The van der Waals surface area contributed by atoms with Crippen LogP contribution in [0, 0.1) is 0 Å². The van der Waals surface area contributed by atoms with Crippen LogP contribution in [0.5, 0.6) is 11.5 Å². The van der Waals surface area contributed by atoms with E-state index in [-0.39, 0.29) is 5.75 Å². The lowest BCUT2D eigenvalue weighted by Crippen LogP contribution is -1.96. The SMILES string of the molecule is O=C(O)/C=C/c1ccc(C2=C(c3ccc(O)cc3)CCOc3ccccc32)cc1. The van der Waals surface area contributed by atoms with Gasteiger partial charge in [-0.05, 0) is 52.1 Å². The van der Waals surface area contributed by atoms with Crippen molar-refractivity contribution in [2.45, 2.75) is 6.42 Å². The summed E-state index contributed by atoms with van der Waals surface area (Å²) in [4.78, 5) is 10.8. The summed E-state index contributed by atoms with van der Waals surface area (Å²) in [6, 6.07) is 23.0. The van der Waals surface area contributed by atoms with Crippen LogP contribution in [0.4, 0.5) is 0 Å². The van der Waals surface area contributed by atoms with Crippen molar-refractivity contribution >= 4 is 23.2 Å². The van der Waals surface area contributed by atoms with Gasteiger partial charge in [0.25, 0.3) is 0 Å². The zero-order chi connectivity index (χ0) is 20.2. The van der Waals surface area contributed by atoms with Crippen molar-refractivity contribution in [1.29, 1.82) is 0 Å². The molecule has 0 bridgehead atoms. The van der Waals surface area contributed by atoms with Gasteiger partial charge in [0.05, 0.1) is 6.61 Å². The fraction of sp³-hybridized carbons (Fsp3) is 0.0800. The van der Waals surface area contributed by atoms with Gasteiger partial charge in [0.2, 0.25) is 0 Å². The zero-order valence-corrected chi connectivity index (χ0v) is 15.7. The minimum absolute atomic E-state index is 0.232. The van der Waals surface area contributed by atoms with E-state index in [2.05, 4.69) is 6.07 Å². The number of para-hydroxylation sites is 1. The van der Waals surface area contributed by atoms with E-state index >= 15 is 0 Å². The summed E-state index contributed by atoms with van der Waals surface area (Å²) in [5.41, 5.74) is 6.12. The van der Waals surface area contributed by atoms with Crippen LogP contribution < -0.4 is 4.74 Å². The molecule has 4 rings (SSSR count). The van der Waals surface area contributed by atoms with Crippen molar-refractivity contribution in [3.8, 4) is 11.5 Å². The maximum Gasteiger partial charge on any atom is 0.328 e. The third kappa shape index (κ3) is 4.06. The number of phenolic OH excluding ortho intramolecular Hbond substituents is 1. The molecule has 4 heteroatoms. The van der Waals surface area contributed by atoms with E-state index in [0.717, 1.165) is 51.6 Å². The van der Waals surface area contributed by atoms with Gasteiger partial charge in [-0.3, -0.25) is 0 Å². The van der Waals surface area contributed by atoms with Crippen molar-refractivity contribution in [2.24, 2.45) is 0 Å². The third-order valence-electron chi connectivity index (χ3n) is 4.90. The molecule has 144 valence electrons. The highest BCUT2D eigenvalue weighted by molar-refractivity contribution is 6.00. The molecular formula is C25H20O4. The van der Waals surface area contributed by atoms with Gasteiger partial charge in [0.15, 0.2) is 0 Å². The van der Waals surface area contributed by atoms with Crippen LogP contribution in [-0.4, -0.2) is 22.8 Å². The summed E-state index contributed by atoms with van der Waals surface area (Å²) in [5, 5.41) is 18.5. The van der Waals surface area contributed by atoms with E-state index in [9.17, 15) is 9.90 Å². The van der Waals surface area contributed by atoms with Crippen LogP contribution in [0.2, 0.25) is 0 Å². The van der Waals surface area contributed by atoms with Crippen molar-refractivity contribution in [1.82, 2.24) is 0 Å². The predicted molar refractivity (Wildman–Crippen MR) is 114 cm³/mol. The summed E-state index contributed by atoms with van der Waals surface area (Å²) in [5.74, 6) is 0.100. The second-order valence-electron chi connectivity index (χ2n) is 6.79. The van der Waals surface area contributed by atoms with Crippen LogP contribution in [-0.2, 0) is 4.79 Å². The number of carboxylic acid groups (broad SMARTS) is 1. The topological polar surface area (TPSA) is 66.8 Å². The molecule has 29 heavy (non-hydrogen) atoms. The van der Waals surface area contributed by atoms with Crippen LogP contribution in [0.1, 0.15) is 28.7 Å². The van der Waals surface area contributed by atoms with Crippen molar-refractivity contribution in [3.05, 3.63) is 101 Å². The van der Waals surface area contributed by atoms with Crippen molar-refractivity contribution in [3.63, 3.8) is 0 Å². The number of carboxylic acids is 1. The minimum Gasteiger partial charge on any atom is -0.508 e. The fourth-order valence-electron chi connectivity index (χ4n) is 3.56. The molecule has 3 aromatic carbocycles. The monoisotopic (exact) mass is 384 g/mol. The lowest BCUT2D eigenvalue weighted by molar-refractivity contribution is -0.131. The molecule has 0 saturated carbocycles. The quantitative estimate of drug-likeness (QED) is 0.604. The first-order chi connectivity index (χ1) is 14.1. The Morgan fingerprint density at radius 3 is 2.31 bits per heavy atom. The van der Waals surface area contributed by atoms with Crippen LogP contribution >= 0.6 is 0 Å². The van der Waals surface area contributed by atoms with Crippen molar-refractivity contribution < 1.29 is 19.7 Å². The number of carbonyl (C=O) groups is 1. The maximum atomic E-state index is 10.8. The molecular weight excluding hydrogens is 364 g/mol. The first-order valence-corrected chi connectivity index (χ1v) is 9.38. The highest BCUT2D eigenvalue weighted by atomic mass is 16.5. The van der Waals surface area contributed by atoms with Gasteiger partial charge < -0.3 is 14.9 Å². The lowest BCUT2D eigenvalue weighted by Gasteiger charge is -2.15. The number of aliphatic carboxylic acids is 1. The van der Waals surface area contributed by atoms with Crippen molar-refractivity contribution in [2.75, 3.05) is 6.61 Å². The van der Waals surface area contributed by atoms with E-state index < -0.39 is 5.97 Å². The molecule has 2 N–H and O–H groups in total. The number of aromatic hydroxyl groups is 1. The van der Waals surface area contributed by atoms with Gasteiger partial charge in [0.1, 0.15) is 11.5 Å². The molecule has 0 amide bonds. The summed E-state index contributed by atoms with van der Waals surface area (Å²) in [6.07, 6.45) is 3.44. The third-order valence-corrected chi connectivity index (χ3v) is 4.90. The van der Waals surface area contributed by atoms with Gasteiger partial charge in [-0.25, -0.2) is 4.79 Å². The van der Waals surface area contributed by atoms with Gasteiger partial charge in [-0.1, -0.05) is 54.6 Å². The Balaban J connectivity index is 1.88. The molecule has 3 aromatic rings. The van der Waals surface area contributed by atoms with Gasteiger partial charge >= 0.3 is 5.97 Å². The fourth-order valence-corrected chi connectivity index (χ4v) is 3.56. The van der Waals surface area contributed by atoms with E-state index in [0.29, 0.717) is 6.61 Å². The number of fused-ring (bicyclic) bond motifs is 1. The minimum atomic E-state index is -0.971. The van der Waals surface area contributed by atoms with E-state index in [4.69, 9.17) is 9.84 Å². The average molecular weight is 384 g/mol. The van der Waals surface area contributed by atoms with Gasteiger partial charge in [0, 0.05) is 18.1 Å². The summed E-state index contributed by atoms with van der Waals surface area (Å²) >= 11 is 0. The first-order valence-electron chi connectivity index (χ1n) is 9.38. The Kier molecular flexibility index (Phi) is 5.16. The number of rotatable bonds is 4. The molecule has 0 unspecified atom stereocenters. The second kappa shape index (κ2) is 8.07. The Bertz CT molecular complexity index is 1090. The molecule has 0 aliphatic carbocycles. The number of benzene rings is 3. The number of hydrogen-bond acceptors (Lipinski definition) is 3. The number of ether oxygens (including phenoxy) is 1. The number of phenols is 1. The Morgan fingerprint density at radius 2 is 1.59 bits per heavy atom. The Labute approximate surface area is 169 Å². The normalized spacial score (nSPS) is 13.7. The smallest absolute Gasteiger partial charge is 0.328 e. The maximum absolute atomic E-state index is 10.8. The largest absolute Gasteiger partial charge is 0.508 e. The average Bonchev–Trinajstić information content (AvgIpc) is 2.93. The molecule has 0 radical (unpaired) electrons. The lowest BCUT2D eigenvalue weighted by atomic mass is 9.88. The molecule has 0 aromatic heterocycles. The molecule has 1 heterocycles. The van der Waals surface area contributed by atoms with Gasteiger partial charge in [-0.15, -0.1) is 0 Å². The standard InChI is InChI=1S/C25H20O4/c26-20-12-10-18(11-13-20)21-15-16-29-23-4-2-1-3-22(23)25(21)19-8-5-17(6-9-19)7-14-24(27)28/h1-14,26H,15-16H2,(H,27,28)/b14-7+. The molecule has 0 saturated heterocycles. The second-order valence-corrected chi connectivity index (χ2v) is 6.79. The number of hydrogen-bond donors (Lipinski definition) is 2. The summed E-state index contributed by atoms with van der Waals surface area (Å²) in [7, 11) is 0. The van der Waals surface area contributed by atoms with E-state index in [1.807, 2.05) is 54.6 Å². The highest BCUT2D eigenvalue weighted by Crippen LogP contribution is 2.41. The molecule has 1 aliphatic rings. The Morgan fingerprint density at radius 1 is 0.897 bits per heavy atom. The molecule has 4 nitrogen and oxygen atoms in total. The van der Waals surface area contributed by atoms with Gasteiger partial charge in [-0.2, -0.15) is 0 Å². The molecule has 0 fully saturated rings. The van der Waals surface area contributed by atoms with Crippen LogP contribution in [0.3, 0.4) is 0 Å². The summed E-state index contributed by atoms with van der Waals surface area (Å²) in [6.45, 7) is 0.566. The molecule has 0 spiro atoms. The van der Waals surface area contributed by atoms with E-state index in [1.54, 1.807) is 18.2 Å².